The fourth-order valence-corrected chi connectivity index (χ4v) is 1.70. The van der Waals surface area contributed by atoms with E-state index < -0.39 is 12.5 Å². The first-order chi connectivity index (χ1) is 7.58. The maximum Gasteiger partial charge on any atom is 0.263 e. The Morgan fingerprint density at radius 1 is 1.25 bits per heavy atom. The molecule has 1 aliphatic heterocycles. The van der Waals surface area contributed by atoms with Crippen LogP contribution in [0.1, 0.15) is 23.6 Å². The van der Waals surface area contributed by atoms with Gasteiger partial charge < -0.3 is 10.6 Å². The minimum Gasteiger partial charge on any atom is -0.347 e. The smallest absolute Gasteiger partial charge is 0.263 e. The van der Waals surface area contributed by atoms with E-state index in [1.807, 2.05) is 0 Å². The first-order valence-corrected chi connectivity index (χ1v) is 4.98. The molecule has 0 bridgehead atoms. The average Bonchev–Trinajstić information content (AvgIpc) is 2.58. The lowest BCUT2D eigenvalue weighted by Gasteiger charge is -2.08. The van der Waals surface area contributed by atoms with E-state index >= 15 is 0 Å². The van der Waals surface area contributed by atoms with Gasteiger partial charge in [0.05, 0.1) is 0 Å². The highest BCUT2D eigenvalue weighted by Gasteiger charge is 2.28. The molecule has 1 saturated heterocycles. The number of halogens is 2. The highest BCUT2D eigenvalue weighted by molar-refractivity contribution is 7.80. The molecule has 2 rings (SSSR count). The summed E-state index contributed by atoms with van der Waals surface area (Å²) < 4.78 is 24.6. The van der Waals surface area contributed by atoms with Crippen LogP contribution in [0.4, 0.5) is 8.78 Å². The molecule has 84 valence electrons. The van der Waals surface area contributed by atoms with Crippen LogP contribution in [-0.2, 0) is 4.79 Å². The monoisotopic (exact) mass is 242 g/mol. The van der Waals surface area contributed by atoms with Crippen LogP contribution in [0.25, 0.3) is 0 Å². The van der Waals surface area contributed by atoms with Gasteiger partial charge in [0.15, 0.2) is 5.11 Å². The molecular weight excluding hydrogens is 234 g/mol. The first-order valence-electron chi connectivity index (χ1n) is 4.57. The van der Waals surface area contributed by atoms with E-state index in [-0.39, 0.29) is 16.6 Å². The van der Waals surface area contributed by atoms with Crippen molar-refractivity contribution in [3.05, 3.63) is 35.4 Å². The third-order valence-corrected chi connectivity index (χ3v) is 2.52. The number of carbonyl (C=O) groups is 1. The molecule has 1 aromatic carbocycles. The van der Waals surface area contributed by atoms with Gasteiger partial charge in [0, 0.05) is 5.56 Å². The Morgan fingerprint density at radius 3 is 2.31 bits per heavy atom. The minimum absolute atomic E-state index is 0.0651. The van der Waals surface area contributed by atoms with Crippen LogP contribution in [-0.4, -0.2) is 11.0 Å². The van der Waals surface area contributed by atoms with Crippen molar-refractivity contribution < 1.29 is 13.6 Å². The maximum atomic E-state index is 12.3. The molecule has 6 heteroatoms. The second kappa shape index (κ2) is 4.13. The largest absolute Gasteiger partial charge is 0.347 e. The number of amides is 1. The predicted octanol–water partition coefficient (Wildman–Crippen LogP) is 1.67. The van der Waals surface area contributed by atoms with E-state index in [4.69, 9.17) is 12.2 Å². The van der Waals surface area contributed by atoms with Gasteiger partial charge in [0.2, 0.25) is 0 Å². The third-order valence-electron chi connectivity index (χ3n) is 2.30. The SMILES string of the molecule is O=C1NC(=S)NC1c1ccc(C(F)F)cc1. The van der Waals surface area contributed by atoms with E-state index in [0.29, 0.717) is 5.56 Å². The number of hydrogen-bond acceptors (Lipinski definition) is 2. The van der Waals surface area contributed by atoms with Gasteiger partial charge in [0.25, 0.3) is 12.3 Å². The highest BCUT2D eigenvalue weighted by Crippen LogP contribution is 2.22. The van der Waals surface area contributed by atoms with Gasteiger partial charge in [-0.05, 0) is 17.8 Å². The Morgan fingerprint density at radius 2 is 1.88 bits per heavy atom. The Hall–Kier alpha value is -1.56. The molecule has 1 fully saturated rings. The summed E-state index contributed by atoms with van der Waals surface area (Å²) in [4.78, 5) is 11.4. The third kappa shape index (κ3) is 2.01. The van der Waals surface area contributed by atoms with E-state index in [0.717, 1.165) is 0 Å². The Balaban J connectivity index is 2.22. The molecule has 2 N–H and O–H groups in total. The van der Waals surface area contributed by atoms with E-state index in [1.54, 1.807) is 0 Å². The molecule has 0 aliphatic carbocycles. The molecule has 1 aliphatic rings. The minimum atomic E-state index is -2.50. The number of carbonyl (C=O) groups excluding carboxylic acids is 1. The quantitative estimate of drug-likeness (QED) is 0.775. The molecule has 16 heavy (non-hydrogen) atoms. The average molecular weight is 242 g/mol. The zero-order valence-corrected chi connectivity index (χ0v) is 8.85. The summed E-state index contributed by atoms with van der Waals surface area (Å²) in [6.07, 6.45) is -2.50. The summed E-state index contributed by atoms with van der Waals surface area (Å²) >= 11 is 4.78. The lowest BCUT2D eigenvalue weighted by atomic mass is 10.1. The van der Waals surface area contributed by atoms with Crippen molar-refractivity contribution >= 4 is 23.2 Å². The zero-order chi connectivity index (χ0) is 11.7. The van der Waals surface area contributed by atoms with Crippen molar-refractivity contribution in [2.75, 3.05) is 0 Å². The number of alkyl halides is 2. The molecule has 0 aromatic heterocycles. The highest BCUT2D eigenvalue weighted by atomic mass is 32.1. The van der Waals surface area contributed by atoms with Crippen molar-refractivity contribution in [1.29, 1.82) is 0 Å². The molecule has 3 nitrogen and oxygen atoms in total. The van der Waals surface area contributed by atoms with Gasteiger partial charge in [0.1, 0.15) is 6.04 Å². The number of thiocarbonyl (C=S) groups is 1. The second-order valence-corrected chi connectivity index (χ2v) is 3.77. The van der Waals surface area contributed by atoms with E-state index in [2.05, 4.69) is 10.6 Å². The topological polar surface area (TPSA) is 41.1 Å². The van der Waals surface area contributed by atoms with Crippen LogP contribution in [0.15, 0.2) is 24.3 Å². The Labute approximate surface area is 95.8 Å². The van der Waals surface area contributed by atoms with Crippen molar-refractivity contribution in [2.24, 2.45) is 0 Å². The van der Waals surface area contributed by atoms with Gasteiger partial charge in [-0.3, -0.25) is 4.79 Å². The van der Waals surface area contributed by atoms with Gasteiger partial charge in [-0.25, -0.2) is 8.78 Å². The van der Waals surface area contributed by atoms with Crippen LogP contribution < -0.4 is 10.6 Å². The maximum absolute atomic E-state index is 12.3. The molecule has 1 aromatic rings. The van der Waals surface area contributed by atoms with Gasteiger partial charge in [-0.2, -0.15) is 0 Å². The fraction of sp³-hybridized carbons (Fsp3) is 0.200. The molecule has 0 radical (unpaired) electrons. The van der Waals surface area contributed by atoms with Gasteiger partial charge in [-0.15, -0.1) is 0 Å². The predicted molar refractivity (Wildman–Crippen MR) is 58.0 cm³/mol. The van der Waals surface area contributed by atoms with Gasteiger partial charge in [-0.1, -0.05) is 24.3 Å². The molecule has 1 amide bonds. The number of benzene rings is 1. The van der Waals surface area contributed by atoms with Crippen molar-refractivity contribution in [3.8, 4) is 0 Å². The van der Waals surface area contributed by atoms with E-state index in [9.17, 15) is 13.6 Å². The summed E-state index contributed by atoms with van der Waals surface area (Å²) in [5.74, 6) is -0.269. The number of hydrogen-bond donors (Lipinski definition) is 2. The molecular formula is C10H8F2N2OS. The number of rotatable bonds is 2. The zero-order valence-electron chi connectivity index (χ0n) is 8.04. The van der Waals surface area contributed by atoms with E-state index in [1.165, 1.54) is 24.3 Å². The molecule has 1 unspecified atom stereocenters. The van der Waals surface area contributed by atoms with Crippen LogP contribution in [0.2, 0.25) is 0 Å². The van der Waals surface area contributed by atoms with Crippen LogP contribution in [0, 0.1) is 0 Å². The van der Waals surface area contributed by atoms with Crippen molar-refractivity contribution in [1.82, 2.24) is 10.6 Å². The van der Waals surface area contributed by atoms with Gasteiger partial charge >= 0.3 is 0 Å². The first kappa shape index (κ1) is 10.9. The van der Waals surface area contributed by atoms with Crippen LogP contribution in [0.5, 0.6) is 0 Å². The fourth-order valence-electron chi connectivity index (χ4n) is 1.49. The normalized spacial score (nSPS) is 19.8. The number of nitrogens with one attached hydrogen (secondary N) is 2. The molecule has 1 heterocycles. The molecule has 0 saturated carbocycles. The lowest BCUT2D eigenvalue weighted by Crippen LogP contribution is -2.21. The Kier molecular flexibility index (Phi) is 2.82. The summed E-state index contributed by atoms with van der Waals surface area (Å²) in [7, 11) is 0. The van der Waals surface area contributed by atoms with Crippen LogP contribution >= 0.6 is 12.2 Å². The summed E-state index contributed by atoms with van der Waals surface area (Å²) in [6.45, 7) is 0. The summed E-state index contributed by atoms with van der Waals surface area (Å²) in [5.41, 5.74) is 0.548. The standard InChI is InChI=1S/C10H8F2N2OS/c11-8(12)6-3-1-5(2-4-6)7-9(15)14-10(16)13-7/h1-4,7-8H,(H2,13,14,15,16). The summed E-state index contributed by atoms with van der Waals surface area (Å²) in [6, 6.07) is 5.01. The molecule has 1 atom stereocenters. The van der Waals surface area contributed by atoms with Crippen LogP contribution in [0.3, 0.4) is 0 Å². The van der Waals surface area contributed by atoms with Crippen molar-refractivity contribution in [2.45, 2.75) is 12.5 Å². The summed E-state index contributed by atoms with van der Waals surface area (Å²) in [5, 5.41) is 5.45. The lowest BCUT2D eigenvalue weighted by molar-refractivity contribution is -0.120. The molecule has 0 spiro atoms. The Bertz CT molecular complexity index is 433. The second-order valence-electron chi connectivity index (χ2n) is 3.36. The van der Waals surface area contributed by atoms with Crippen molar-refractivity contribution in [3.63, 3.8) is 0 Å².